The fourth-order valence-electron chi connectivity index (χ4n) is 2.71. The Kier molecular flexibility index (Phi) is 7.82. The van der Waals surface area contributed by atoms with Crippen molar-refractivity contribution in [1.82, 2.24) is 10.2 Å². The lowest BCUT2D eigenvalue weighted by molar-refractivity contribution is -0.149. The third kappa shape index (κ3) is 5.22. The summed E-state index contributed by atoms with van der Waals surface area (Å²) in [6.07, 6.45) is 5.02. The molecule has 0 atom stereocenters. The van der Waals surface area contributed by atoms with Crippen LogP contribution in [0, 0.1) is 0 Å². The lowest BCUT2D eigenvalue weighted by Crippen LogP contribution is -2.43. The van der Waals surface area contributed by atoms with Crippen LogP contribution in [0.1, 0.15) is 39.5 Å². The number of nitrogens with zero attached hydrogens (tertiary/aromatic N) is 1. The molecule has 0 aromatic rings. The van der Waals surface area contributed by atoms with Crippen LogP contribution in [0.15, 0.2) is 0 Å². The van der Waals surface area contributed by atoms with Crippen LogP contribution in [0.5, 0.6) is 0 Å². The molecule has 1 rings (SSSR count). The Morgan fingerprint density at radius 3 is 2.11 bits per heavy atom. The molecule has 108 valence electrons. The predicted octanol–water partition coefficient (Wildman–Crippen LogP) is 1.85. The average molecular weight is 258 g/mol. The number of nitrogens with one attached hydrogen (secondary N) is 1. The van der Waals surface area contributed by atoms with E-state index in [9.17, 15) is 0 Å². The van der Waals surface area contributed by atoms with Gasteiger partial charge in [0.2, 0.25) is 0 Å². The number of ether oxygens (including phenoxy) is 2. The molecule has 4 nitrogen and oxygen atoms in total. The molecule has 0 aromatic carbocycles. The first-order chi connectivity index (χ1) is 8.71. The summed E-state index contributed by atoms with van der Waals surface area (Å²) in [7, 11) is 4.25. The summed E-state index contributed by atoms with van der Waals surface area (Å²) < 4.78 is 11.2. The monoisotopic (exact) mass is 258 g/mol. The molecule has 0 heterocycles. The van der Waals surface area contributed by atoms with Crippen LogP contribution >= 0.6 is 0 Å². The van der Waals surface area contributed by atoms with Crippen molar-refractivity contribution in [2.75, 3.05) is 33.9 Å². The Morgan fingerprint density at radius 2 is 1.67 bits per heavy atom. The summed E-state index contributed by atoms with van der Waals surface area (Å²) >= 11 is 0. The maximum atomic E-state index is 5.61. The second kappa shape index (κ2) is 8.86. The summed E-state index contributed by atoms with van der Waals surface area (Å²) in [6, 6.07) is 1.39. The van der Waals surface area contributed by atoms with Gasteiger partial charge >= 0.3 is 0 Å². The second-order valence-corrected chi connectivity index (χ2v) is 5.07. The van der Waals surface area contributed by atoms with Gasteiger partial charge < -0.3 is 14.8 Å². The molecule has 0 aliphatic heterocycles. The molecule has 0 unspecified atom stereocenters. The molecule has 0 aromatic heterocycles. The summed E-state index contributed by atoms with van der Waals surface area (Å²) in [5, 5.41) is 3.38. The Balaban J connectivity index is 2.32. The highest BCUT2D eigenvalue weighted by atomic mass is 16.7. The van der Waals surface area contributed by atoms with E-state index < -0.39 is 0 Å². The van der Waals surface area contributed by atoms with Gasteiger partial charge in [0.15, 0.2) is 6.29 Å². The van der Waals surface area contributed by atoms with Crippen molar-refractivity contribution in [3.63, 3.8) is 0 Å². The van der Waals surface area contributed by atoms with Gasteiger partial charge in [-0.05, 0) is 53.6 Å². The highest BCUT2D eigenvalue weighted by Crippen LogP contribution is 2.22. The van der Waals surface area contributed by atoms with E-state index in [1.807, 2.05) is 13.8 Å². The summed E-state index contributed by atoms with van der Waals surface area (Å²) in [6.45, 7) is 6.33. The Morgan fingerprint density at radius 1 is 1.11 bits per heavy atom. The van der Waals surface area contributed by atoms with Crippen molar-refractivity contribution >= 4 is 0 Å². The molecule has 1 N–H and O–H groups in total. The van der Waals surface area contributed by atoms with Crippen molar-refractivity contribution in [3.8, 4) is 0 Å². The molecule has 0 bridgehead atoms. The molecule has 1 aliphatic rings. The van der Waals surface area contributed by atoms with Crippen LogP contribution in [-0.4, -0.2) is 57.1 Å². The van der Waals surface area contributed by atoms with E-state index in [0.717, 1.165) is 6.54 Å². The Bertz CT molecular complexity index is 200. The molecule has 0 amide bonds. The minimum atomic E-state index is -0.0768. The van der Waals surface area contributed by atoms with Gasteiger partial charge in [0.05, 0.1) is 0 Å². The van der Waals surface area contributed by atoms with Crippen molar-refractivity contribution < 1.29 is 9.47 Å². The quantitative estimate of drug-likeness (QED) is 0.674. The number of likely N-dealkylation sites (N-methyl/N-ethyl adjacent to an activating group) is 1. The fourth-order valence-corrected chi connectivity index (χ4v) is 2.71. The van der Waals surface area contributed by atoms with Crippen molar-refractivity contribution in [3.05, 3.63) is 0 Å². The van der Waals surface area contributed by atoms with Gasteiger partial charge in [0.25, 0.3) is 0 Å². The highest BCUT2D eigenvalue weighted by Gasteiger charge is 2.24. The molecule has 4 heteroatoms. The standard InChI is InChI=1S/C14H30N2O2/c1-5-17-14(18-6-2)11-16(4)13-9-7-12(15-3)8-10-13/h12-15H,5-11H2,1-4H3. The van der Waals surface area contributed by atoms with Crippen LogP contribution in [0.4, 0.5) is 0 Å². The van der Waals surface area contributed by atoms with Gasteiger partial charge in [0, 0.05) is 31.8 Å². The molecule has 0 saturated heterocycles. The number of hydrogen-bond acceptors (Lipinski definition) is 4. The molecule has 1 aliphatic carbocycles. The second-order valence-electron chi connectivity index (χ2n) is 5.07. The van der Waals surface area contributed by atoms with E-state index in [4.69, 9.17) is 9.47 Å². The third-order valence-corrected chi connectivity index (χ3v) is 3.87. The Hall–Kier alpha value is -0.160. The number of rotatable bonds is 8. The van der Waals surface area contributed by atoms with Crippen LogP contribution in [0.2, 0.25) is 0 Å². The van der Waals surface area contributed by atoms with Gasteiger partial charge in [0.1, 0.15) is 0 Å². The van der Waals surface area contributed by atoms with E-state index in [2.05, 4.69) is 24.3 Å². The van der Waals surface area contributed by atoms with Gasteiger partial charge in [-0.3, -0.25) is 4.90 Å². The van der Waals surface area contributed by atoms with Crippen LogP contribution in [0.3, 0.4) is 0 Å². The van der Waals surface area contributed by atoms with Crippen molar-refractivity contribution in [2.45, 2.75) is 57.9 Å². The molecule has 18 heavy (non-hydrogen) atoms. The van der Waals surface area contributed by atoms with E-state index in [1.165, 1.54) is 25.7 Å². The van der Waals surface area contributed by atoms with Crippen molar-refractivity contribution in [2.24, 2.45) is 0 Å². The van der Waals surface area contributed by atoms with Crippen LogP contribution in [-0.2, 0) is 9.47 Å². The van der Waals surface area contributed by atoms with E-state index in [1.54, 1.807) is 0 Å². The topological polar surface area (TPSA) is 33.7 Å². The number of hydrogen-bond donors (Lipinski definition) is 1. The largest absolute Gasteiger partial charge is 0.352 e. The molecule has 1 saturated carbocycles. The molecular formula is C14H30N2O2. The Labute approximate surface area is 112 Å². The molecule has 0 spiro atoms. The normalized spacial score (nSPS) is 25.0. The molecule has 1 fully saturated rings. The van der Waals surface area contributed by atoms with E-state index in [-0.39, 0.29) is 6.29 Å². The van der Waals surface area contributed by atoms with E-state index in [0.29, 0.717) is 25.3 Å². The minimum absolute atomic E-state index is 0.0768. The zero-order chi connectivity index (χ0) is 13.4. The summed E-state index contributed by atoms with van der Waals surface area (Å²) in [5.74, 6) is 0. The molecular weight excluding hydrogens is 228 g/mol. The first-order valence-electron chi connectivity index (χ1n) is 7.31. The first-order valence-corrected chi connectivity index (χ1v) is 7.31. The summed E-state index contributed by atoms with van der Waals surface area (Å²) in [4.78, 5) is 2.40. The minimum Gasteiger partial charge on any atom is -0.352 e. The molecule has 0 radical (unpaired) electrons. The SMILES string of the molecule is CCOC(CN(C)C1CCC(NC)CC1)OCC. The average Bonchev–Trinajstić information content (AvgIpc) is 2.39. The van der Waals surface area contributed by atoms with Crippen LogP contribution < -0.4 is 5.32 Å². The first kappa shape index (κ1) is 15.9. The maximum Gasteiger partial charge on any atom is 0.170 e. The van der Waals surface area contributed by atoms with Gasteiger partial charge in [-0.2, -0.15) is 0 Å². The van der Waals surface area contributed by atoms with Crippen LogP contribution in [0.25, 0.3) is 0 Å². The highest BCUT2D eigenvalue weighted by molar-refractivity contribution is 4.81. The van der Waals surface area contributed by atoms with Gasteiger partial charge in [-0.15, -0.1) is 0 Å². The third-order valence-electron chi connectivity index (χ3n) is 3.87. The lowest BCUT2D eigenvalue weighted by Gasteiger charge is -2.36. The van der Waals surface area contributed by atoms with E-state index >= 15 is 0 Å². The van der Waals surface area contributed by atoms with Gasteiger partial charge in [-0.1, -0.05) is 0 Å². The van der Waals surface area contributed by atoms with Crippen molar-refractivity contribution in [1.29, 1.82) is 0 Å². The zero-order valence-corrected chi connectivity index (χ0v) is 12.4. The van der Waals surface area contributed by atoms with Gasteiger partial charge in [-0.25, -0.2) is 0 Å². The fraction of sp³-hybridized carbons (Fsp3) is 1.00. The lowest BCUT2D eigenvalue weighted by atomic mass is 9.90. The summed E-state index contributed by atoms with van der Waals surface area (Å²) in [5.41, 5.74) is 0. The smallest absolute Gasteiger partial charge is 0.170 e. The maximum absolute atomic E-state index is 5.61. The predicted molar refractivity (Wildman–Crippen MR) is 74.8 cm³/mol. The zero-order valence-electron chi connectivity index (χ0n) is 12.4.